The molecule has 7 heteroatoms. The lowest BCUT2D eigenvalue weighted by molar-refractivity contribution is 0.770. The molecule has 2 heterocycles. The Morgan fingerprint density at radius 1 is 1.24 bits per heavy atom. The van der Waals surface area contributed by atoms with Crippen LogP contribution < -0.4 is 5.56 Å². The fourth-order valence-corrected chi connectivity index (χ4v) is 3.18. The van der Waals surface area contributed by atoms with E-state index in [0.717, 1.165) is 20.9 Å². The zero-order valence-corrected chi connectivity index (χ0v) is 15.5. The van der Waals surface area contributed by atoms with E-state index in [2.05, 4.69) is 31.0 Å². The Morgan fingerprint density at radius 3 is 2.76 bits per heavy atom. The van der Waals surface area contributed by atoms with Crippen LogP contribution in [0.3, 0.4) is 0 Å². The summed E-state index contributed by atoms with van der Waals surface area (Å²) < 4.78 is 2.23. The van der Waals surface area contributed by atoms with Crippen LogP contribution in [0.1, 0.15) is 11.4 Å². The van der Waals surface area contributed by atoms with Gasteiger partial charge in [-0.3, -0.25) is 4.79 Å². The highest BCUT2D eigenvalue weighted by Gasteiger charge is 2.13. The first-order valence-corrected chi connectivity index (χ1v) is 8.70. The molecule has 5 nitrogen and oxygen atoms in total. The van der Waals surface area contributed by atoms with Crippen molar-refractivity contribution in [3.05, 3.63) is 73.7 Å². The molecule has 0 aliphatic carbocycles. The summed E-state index contributed by atoms with van der Waals surface area (Å²) in [5.41, 5.74) is 2.56. The summed E-state index contributed by atoms with van der Waals surface area (Å²) in [7, 11) is 0. The van der Waals surface area contributed by atoms with Crippen molar-refractivity contribution >= 4 is 55.7 Å². The summed E-state index contributed by atoms with van der Waals surface area (Å²) in [6, 6.07) is 13.0. The minimum Gasteiger partial charge on any atom is -0.349 e. The van der Waals surface area contributed by atoms with E-state index in [1.165, 1.54) is 4.68 Å². The average Bonchev–Trinajstić information content (AvgIpc) is 2.94. The molecule has 0 spiro atoms. The van der Waals surface area contributed by atoms with Crippen LogP contribution in [0.5, 0.6) is 0 Å². The number of fused-ring (bicyclic) bond motifs is 3. The van der Waals surface area contributed by atoms with Gasteiger partial charge in [0.1, 0.15) is 16.9 Å². The van der Waals surface area contributed by atoms with Gasteiger partial charge in [0.15, 0.2) is 0 Å². The zero-order valence-electron chi connectivity index (χ0n) is 13.1. The van der Waals surface area contributed by atoms with Crippen LogP contribution in [-0.4, -0.2) is 20.9 Å². The van der Waals surface area contributed by atoms with Crippen LogP contribution in [0.4, 0.5) is 0 Å². The Labute approximate surface area is 156 Å². The van der Waals surface area contributed by atoms with E-state index < -0.39 is 0 Å². The van der Waals surface area contributed by atoms with Crippen molar-refractivity contribution in [1.82, 2.24) is 14.6 Å². The number of hydrogen-bond acceptors (Lipinski definition) is 3. The third-order valence-electron chi connectivity index (χ3n) is 3.91. The smallest absolute Gasteiger partial charge is 0.298 e. The molecule has 0 radical (unpaired) electrons. The molecule has 2 aromatic heterocycles. The second kappa shape index (κ2) is 6.13. The Hall–Kier alpha value is -2.44. The molecule has 124 valence electrons. The molecule has 0 aliphatic heterocycles. The maximum atomic E-state index is 12.8. The van der Waals surface area contributed by atoms with Crippen LogP contribution in [0.2, 0.25) is 5.02 Å². The second-order valence-corrected chi connectivity index (χ2v) is 6.96. The van der Waals surface area contributed by atoms with E-state index in [1.54, 1.807) is 25.3 Å². The Balaban J connectivity index is 1.88. The minimum absolute atomic E-state index is 0.236. The molecule has 0 bridgehead atoms. The average molecular weight is 416 g/mol. The molecule has 2 aromatic carbocycles. The third kappa shape index (κ3) is 2.88. The third-order valence-corrected chi connectivity index (χ3v) is 4.66. The van der Waals surface area contributed by atoms with Crippen LogP contribution >= 0.6 is 27.5 Å². The summed E-state index contributed by atoms with van der Waals surface area (Å²) in [6.45, 7) is 1.76. The lowest BCUT2D eigenvalue weighted by Crippen LogP contribution is -2.20. The summed E-state index contributed by atoms with van der Waals surface area (Å²) >= 11 is 9.33. The van der Waals surface area contributed by atoms with E-state index in [1.807, 2.05) is 30.3 Å². The normalized spacial score (nSPS) is 11.8. The molecular formula is C18H12BrClN4O. The largest absolute Gasteiger partial charge is 0.349 e. The SMILES string of the molecule is Cc1nc2c([nH]c3ccc(Br)cc32)c(=O)n1/N=C/c1ccc(Cl)cc1. The van der Waals surface area contributed by atoms with Gasteiger partial charge in [-0.2, -0.15) is 9.78 Å². The number of aryl methyl sites for hydroxylation is 1. The maximum absolute atomic E-state index is 12.8. The summed E-state index contributed by atoms with van der Waals surface area (Å²) in [5, 5.41) is 5.84. The Morgan fingerprint density at radius 2 is 2.00 bits per heavy atom. The van der Waals surface area contributed by atoms with Gasteiger partial charge in [-0.15, -0.1) is 0 Å². The predicted molar refractivity (Wildman–Crippen MR) is 105 cm³/mol. The van der Waals surface area contributed by atoms with Crippen LogP contribution in [0.15, 0.2) is 56.8 Å². The molecule has 0 fully saturated rings. The monoisotopic (exact) mass is 414 g/mol. The van der Waals surface area contributed by atoms with Gasteiger partial charge in [-0.25, -0.2) is 4.98 Å². The first-order chi connectivity index (χ1) is 12.0. The van der Waals surface area contributed by atoms with Crippen molar-refractivity contribution in [3.8, 4) is 0 Å². The fourth-order valence-electron chi connectivity index (χ4n) is 2.69. The Bertz CT molecular complexity index is 1190. The van der Waals surface area contributed by atoms with E-state index in [0.29, 0.717) is 21.9 Å². The van der Waals surface area contributed by atoms with Gasteiger partial charge in [0.25, 0.3) is 5.56 Å². The van der Waals surface area contributed by atoms with E-state index >= 15 is 0 Å². The molecule has 1 N–H and O–H groups in total. The molecule has 4 aromatic rings. The molecule has 0 aliphatic rings. The highest BCUT2D eigenvalue weighted by Crippen LogP contribution is 2.25. The molecule has 0 saturated heterocycles. The topological polar surface area (TPSA) is 63.0 Å². The Kier molecular flexibility index (Phi) is 3.94. The van der Waals surface area contributed by atoms with Crippen molar-refractivity contribution in [2.24, 2.45) is 5.10 Å². The first kappa shape index (κ1) is 16.1. The van der Waals surface area contributed by atoms with Crippen molar-refractivity contribution in [3.63, 3.8) is 0 Å². The van der Waals surface area contributed by atoms with Gasteiger partial charge in [0.05, 0.1) is 6.21 Å². The van der Waals surface area contributed by atoms with E-state index in [9.17, 15) is 4.79 Å². The second-order valence-electron chi connectivity index (χ2n) is 5.61. The summed E-state index contributed by atoms with van der Waals surface area (Å²) in [6.07, 6.45) is 1.61. The highest BCUT2D eigenvalue weighted by atomic mass is 79.9. The number of aromatic amines is 1. The number of nitrogens with one attached hydrogen (secondary N) is 1. The molecule has 25 heavy (non-hydrogen) atoms. The quantitative estimate of drug-likeness (QED) is 0.491. The number of aromatic nitrogens is 3. The van der Waals surface area contributed by atoms with Gasteiger partial charge >= 0.3 is 0 Å². The van der Waals surface area contributed by atoms with Crippen molar-refractivity contribution in [1.29, 1.82) is 0 Å². The van der Waals surface area contributed by atoms with Crippen LogP contribution in [-0.2, 0) is 0 Å². The molecule has 0 unspecified atom stereocenters. The van der Waals surface area contributed by atoms with Gasteiger partial charge in [-0.1, -0.05) is 39.7 Å². The first-order valence-electron chi connectivity index (χ1n) is 7.53. The van der Waals surface area contributed by atoms with Crippen molar-refractivity contribution < 1.29 is 0 Å². The molecule has 0 saturated carbocycles. The fraction of sp³-hybridized carbons (Fsp3) is 0.0556. The summed E-state index contributed by atoms with van der Waals surface area (Å²) in [4.78, 5) is 20.5. The molecule has 0 amide bonds. The predicted octanol–water partition coefficient (Wildman–Crippen LogP) is 4.48. The standard InChI is InChI=1S/C18H12BrClN4O/c1-10-22-16-14-8-12(19)4-7-15(14)23-17(16)18(25)24(10)21-9-11-2-5-13(20)6-3-11/h2-9,23H,1H3/b21-9+. The minimum atomic E-state index is -0.236. The molecule has 4 rings (SSSR count). The van der Waals surface area contributed by atoms with E-state index in [-0.39, 0.29) is 5.56 Å². The van der Waals surface area contributed by atoms with Crippen LogP contribution in [0, 0.1) is 6.92 Å². The highest BCUT2D eigenvalue weighted by molar-refractivity contribution is 9.10. The van der Waals surface area contributed by atoms with Gasteiger partial charge < -0.3 is 4.98 Å². The lowest BCUT2D eigenvalue weighted by Gasteiger charge is -2.03. The number of halogens is 2. The van der Waals surface area contributed by atoms with Crippen molar-refractivity contribution in [2.75, 3.05) is 0 Å². The number of hydrogen-bond donors (Lipinski definition) is 1. The summed E-state index contributed by atoms with van der Waals surface area (Å²) in [5.74, 6) is 0.517. The van der Waals surface area contributed by atoms with Gasteiger partial charge in [-0.05, 0) is 42.8 Å². The van der Waals surface area contributed by atoms with Crippen LogP contribution in [0.25, 0.3) is 21.9 Å². The van der Waals surface area contributed by atoms with E-state index in [4.69, 9.17) is 11.6 Å². The maximum Gasteiger partial charge on any atom is 0.298 e. The number of rotatable bonds is 2. The molecular weight excluding hydrogens is 404 g/mol. The lowest BCUT2D eigenvalue weighted by atomic mass is 10.2. The van der Waals surface area contributed by atoms with Gasteiger partial charge in [0, 0.05) is 20.4 Å². The van der Waals surface area contributed by atoms with Crippen molar-refractivity contribution in [2.45, 2.75) is 6.92 Å². The number of benzene rings is 2. The number of nitrogens with zero attached hydrogens (tertiary/aromatic N) is 3. The van der Waals surface area contributed by atoms with Gasteiger partial charge in [0.2, 0.25) is 0 Å². The molecule has 0 atom stereocenters. The number of H-pyrrole nitrogens is 1. The zero-order chi connectivity index (χ0) is 17.6.